The van der Waals surface area contributed by atoms with Crippen molar-refractivity contribution in [1.82, 2.24) is 4.57 Å². The minimum absolute atomic E-state index is 0.104. The SMILES string of the molecule is CC(C)n1cc(Br)cc1C(=O)Nc1ccc(Cl)cc1F. The van der Waals surface area contributed by atoms with Crippen LogP contribution in [0.25, 0.3) is 0 Å². The van der Waals surface area contributed by atoms with Gasteiger partial charge in [0.15, 0.2) is 0 Å². The molecule has 0 unspecified atom stereocenters. The molecular weight excluding hydrogens is 347 g/mol. The number of hydrogen-bond acceptors (Lipinski definition) is 1. The summed E-state index contributed by atoms with van der Waals surface area (Å²) in [6.07, 6.45) is 1.82. The van der Waals surface area contributed by atoms with Crippen LogP contribution in [0.15, 0.2) is 34.9 Å². The number of aromatic nitrogens is 1. The lowest BCUT2D eigenvalue weighted by molar-refractivity contribution is 0.101. The number of carbonyl (C=O) groups is 1. The molecule has 0 atom stereocenters. The number of nitrogens with one attached hydrogen (secondary N) is 1. The van der Waals surface area contributed by atoms with Crippen LogP contribution in [0.5, 0.6) is 0 Å². The first-order valence-corrected chi connectivity index (χ1v) is 7.19. The van der Waals surface area contributed by atoms with Gasteiger partial charge in [0.25, 0.3) is 5.91 Å². The van der Waals surface area contributed by atoms with Gasteiger partial charge in [-0.25, -0.2) is 4.39 Å². The van der Waals surface area contributed by atoms with Gasteiger partial charge in [-0.2, -0.15) is 0 Å². The van der Waals surface area contributed by atoms with E-state index in [9.17, 15) is 9.18 Å². The molecule has 0 fully saturated rings. The van der Waals surface area contributed by atoms with Gasteiger partial charge in [0.1, 0.15) is 11.5 Å². The molecule has 0 aliphatic rings. The topological polar surface area (TPSA) is 34.0 Å². The Balaban J connectivity index is 2.28. The average Bonchev–Trinajstić information content (AvgIpc) is 2.75. The number of anilines is 1. The minimum Gasteiger partial charge on any atom is -0.340 e. The Kier molecular flexibility index (Phi) is 4.50. The van der Waals surface area contributed by atoms with Crippen molar-refractivity contribution in [2.24, 2.45) is 0 Å². The van der Waals surface area contributed by atoms with Crippen LogP contribution in [-0.2, 0) is 0 Å². The van der Waals surface area contributed by atoms with E-state index in [1.807, 2.05) is 24.6 Å². The molecule has 0 aliphatic heterocycles. The van der Waals surface area contributed by atoms with Gasteiger partial charge in [-0.1, -0.05) is 11.6 Å². The molecule has 0 saturated heterocycles. The van der Waals surface area contributed by atoms with E-state index in [1.165, 1.54) is 12.1 Å². The highest BCUT2D eigenvalue weighted by Crippen LogP contribution is 2.23. The molecule has 1 heterocycles. The predicted octanol–water partition coefficient (Wildman–Crippen LogP) is 4.88. The molecule has 106 valence electrons. The largest absolute Gasteiger partial charge is 0.340 e. The smallest absolute Gasteiger partial charge is 0.272 e. The fourth-order valence-electron chi connectivity index (χ4n) is 1.83. The normalized spacial score (nSPS) is 10.9. The maximum atomic E-state index is 13.7. The lowest BCUT2D eigenvalue weighted by Gasteiger charge is -2.13. The summed E-state index contributed by atoms with van der Waals surface area (Å²) < 4.78 is 16.3. The first-order chi connectivity index (χ1) is 9.38. The fourth-order valence-corrected chi connectivity index (χ4v) is 2.43. The number of nitrogens with zero attached hydrogens (tertiary/aromatic N) is 1. The highest BCUT2D eigenvalue weighted by atomic mass is 79.9. The van der Waals surface area contributed by atoms with Crippen LogP contribution < -0.4 is 5.32 Å². The molecule has 1 aromatic heterocycles. The van der Waals surface area contributed by atoms with Gasteiger partial charge < -0.3 is 9.88 Å². The van der Waals surface area contributed by atoms with Gasteiger partial charge in [0.05, 0.1) is 5.69 Å². The molecule has 2 aromatic rings. The minimum atomic E-state index is -0.562. The lowest BCUT2D eigenvalue weighted by Crippen LogP contribution is -2.18. The molecule has 0 aliphatic carbocycles. The Morgan fingerprint density at radius 2 is 2.10 bits per heavy atom. The summed E-state index contributed by atoms with van der Waals surface area (Å²) in [5.74, 6) is -0.932. The van der Waals surface area contributed by atoms with Gasteiger partial charge in [-0.3, -0.25) is 4.79 Å². The number of benzene rings is 1. The molecule has 0 saturated carbocycles. The van der Waals surface area contributed by atoms with Gasteiger partial charge in [-0.15, -0.1) is 0 Å². The maximum absolute atomic E-state index is 13.7. The summed E-state index contributed by atoms with van der Waals surface area (Å²) in [5, 5.41) is 2.83. The number of carbonyl (C=O) groups excluding carboxylic acids is 1. The van der Waals surface area contributed by atoms with Crippen molar-refractivity contribution < 1.29 is 9.18 Å². The first-order valence-electron chi connectivity index (χ1n) is 6.02. The molecule has 1 amide bonds. The van der Waals surface area contributed by atoms with Gasteiger partial charge in [0, 0.05) is 21.7 Å². The fraction of sp³-hybridized carbons (Fsp3) is 0.214. The third-order valence-corrected chi connectivity index (χ3v) is 3.45. The number of halogens is 3. The molecule has 0 radical (unpaired) electrons. The standard InChI is InChI=1S/C14H13BrClFN2O/c1-8(2)19-7-9(15)5-13(19)14(20)18-12-4-3-10(16)6-11(12)17/h3-8H,1-2H3,(H,18,20). The summed E-state index contributed by atoms with van der Waals surface area (Å²) in [7, 11) is 0. The van der Waals surface area contributed by atoms with Crippen LogP contribution in [0.1, 0.15) is 30.4 Å². The molecule has 0 bridgehead atoms. The van der Waals surface area contributed by atoms with E-state index < -0.39 is 5.82 Å². The van der Waals surface area contributed by atoms with Crippen LogP contribution in [0, 0.1) is 5.82 Å². The first kappa shape index (κ1) is 15.1. The van der Waals surface area contributed by atoms with Crippen LogP contribution in [0.3, 0.4) is 0 Å². The van der Waals surface area contributed by atoms with Crippen molar-refractivity contribution in [3.05, 3.63) is 51.5 Å². The lowest BCUT2D eigenvalue weighted by atomic mass is 10.3. The Morgan fingerprint density at radius 1 is 1.40 bits per heavy atom. The zero-order valence-electron chi connectivity index (χ0n) is 11.0. The maximum Gasteiger partial charge on any atom is 0.272 e. The van der Waals surface area contributed by atoms with Gasteiger partial charge in [-0.05, 0) is 54.0 Å². The molecular formula is C14H13BrClFN2O. The Hall–Kier alpha value is -1.33. The van der Waals surface area contributed by atoms with E-state index in [-0.39, 0.29) is 22.7 Å². The van der Waals surface area contributed by atoms with E-state index in [1.54, 1.807) is 6.07 Å². The highest BCUT2D eigenvalue weighted by Gasteiger charge is 2.16. The highest BCUT2D eigenvalue weighted by molar-refractivity contribution is 9.10. The second-order valence-corrected chi connectivity index (χ2v) is 5.97. The van der Waals surface area contributed by atoms with E-state index in [2.05, 4.69) is 21.2 Å². The van der Waals surface area contributed by atoms with Crippen molar-refractivity contribution in [3.8, 4) is 0 Å². The van der Waals surface area contributed by atoms with E-state index in [0.717, 1.165) is 10.5 Å². The van der Waals surface area contributed by atoms with Crippen molar-refractivity contribution >= 4 is 39.1 Å². The zero-order chi connectivity index (χ0) is 14.9. The van der Waals surface area contributed by atoms with Crippen molar-refractivity contribution in [2.75, 3.05) is 5.32 Å². The van der Waals surface area contributed by atoms with Gasteiger partial charge in [0.2, 0.25) is 0 Å². The van der Waals surface area contributed by atoms with Crippen molar-refractivity contribution in [3.63, 3.8) is 0 Å². The van der Waals surface area contributed by atoms with Crippen LogP contribution in [0.4, 0.5) is 10.1 Å². The van der Waals surface area contributed by atoms with Crippen LogP contribution in [0.2, 0.25) is 5.02 Å². The van der Waals surface area contributed by atoms with Crippen molar-refractivity contribution in [2.45, 2.75) is 19.9 Å². The van der Waals surface area contributed by atoms with Gasteiger partial charge >= 0.3 is 0 Å². The number of amides is 1. The third kappa shape index (κ3) is 3.22. The number of hydrogen-bond donors (Lipinski definition) is 1. The Labute approximate surface area is 129 Å². The summed E-state index contributed by atoms with van der Waals surface area (Å²) in [5.41, 5.74) is 0.563. The van der Waals surface area contributed by atoms with Crippen LogP contribution in [-0.4, -0.2) is 10.5 Å². The molecule has 0 spiro atoms. The third-order valence-electron chi connectivity index (χ3n) is 2.78. The molecule has 1 N–H and O–H groups in total. The molecule has 1 aromatic carbocycles. The second kappa shape index (κ2) is 5.97. The zero-order valence-corrected chi connectivity index (χ0v) is 13.3. The molecule has 6 heteroatoms. The van der Waals surface area contributed by atoms with E-state index >= 15 is 0 Å². The summed E-state index contributed by atoms with van der Waals surface area (Å²) in [6.45, 7) is 3.93. The molecule has 20 heavy (non-hydrogen) atoms. The molecule has 3 nitrogen and oxygen atoms in total. The summed E-state index contributed by atoms with van der Waals surface area (Å²) in [6, 6.07) is 5.94. The number of rotatable bonds is 3. The monoisotopic (exact) mass is 358 g/mol. The van der Waals surface area contributed by atoms with Crippen LogP contribution >= 0.6 is 27.5 Å². The second-order valence-electron chi connectivity index (χ2n) is 4.62. The Morgan fingerprint density at radius 3 is 2.70 bits per heavy atom. The summed E-state index contributed by atoms with van der Waals surface area (Å²) >= 11 is 9.01. The quantitative estimate of drug-likeness (QED) is 0.833. The van der Waals surface area contributed by atoms with E-state index in [0.29, 0.717) is 5.69 Å². The Bertz CT molecular complexity index is 655. The average molecular weight is 360 g/mol. The predicted molar refractivity (Wildman–Crippen MR) is 81.9 cm³/mol. The van der Waals surface area contributed by atoms with Crippen molar-refractivity contribution in [1.29, 1.82) is 0 Å². The summed E-state index contributed by atoms with van der Waals surface area (Å²) in [4.78, 5) is 12.2. The van der Waals surface area contributed by atoms with E-state index in [4.69, 9.17) is 11.6 Å². The molecule has 2 rings (SSSR count).